The zero-order valence-corrected chi connectivity index (χ0v) is 7.68. The Morgan fingerprint density at radius 1 is 1.50 bits per heavy atom. The Kier molecular flexibility index (Phi) is 1.99. The molecule has 0 saturated heterocycles. The molecule has 2 heterocycles. The van der Waals surface area contributed by atoms with E-state index in [4.69, 9.17) is 5.26 Å². The van der Waals surface area contributed by atoms with Gasteiger partial charge in [-0.05, 0) is 24.6 Å². The lowest BCUT2D eigenvalue weighted by atomic mass is 10.3. The minimum atomic E-state index is 0.535. The van der Waals surface area contributed by atoms with Gasteiger partial charge in [0.15, 0.2) is 5.82 Å². The fraction of sp³-hybridized carbons (Fsp3) is 0.100. The second kappa shape index (κ2) is 3.30. The Balaban J connectivity index is 2.45. The first-order valence-corrected chi connectivity index (χ1v) is 4.17. The summed E-state index contributed by atoms with van der Waals surface area (Å²) in [4.78, 5) is 4.15. The molecule has 0 aliphatic rings. The summed E-state index contributed by atoms with van der Waals surface area (Å²) in [5.41, 5.74) is 1.65. The van der Waals surface area contributed by atoms with Crippen LogP contribution in [0.4, 0.5) is 0 Å². The second-order valence-electron chi connectivity index (χ2n) is 2.98. The van der Waals surface area contributed by atoms with Crippen LogP contribution in [0.15, 0.2) is 30.7 Å². The van der Waals surface area contributed by atoms with Gasteiger partial charge in [0, 0.05) is 6.20 Å². The average molecular weight is 184 g/mol. The Morgan fingerprint density at radius 3 is 3.00 bits per heavy atom. The molecule has 0 N–H and O–H groups in total. The summed E-state index contributed by atoms with van der Waals surface area (Å²) in [7, 11) is 0. The SMILES string of the molecule is Cc1ccnc(-n2cc(C#N)cn2)c1. The molecule has 0 aliphatic heterocycles. The molecule has 0 aromatic carbocycles. The van der Waals surface area contributed by atoms with Gasteiger partial charge in [0.05, 0.1) is 18.0 Å². The van der Waals surface area contributed by atoms with Crippen molar-refractivity contribution in [3.05, 3.63) is 41.9 Å². The predicted octanol–water partition coefficient (Wildman–Crippen LogP) is 1.45. The van der Waals surface area contributed by atoms with Gasteiger partial charge in [-0.25, -0.2) is 9.67 Å². The highest BCUT2D eigenvalue weighted by molar-refractivity contribution is 5.30. The monoisotopic (exact) mass is 184 g/mol. The van der Waals surface area contributed by atoms with Crippen molar-refractivity contribution in [1.82, 2.24) is 14.8 Å². The normalized spacial score (nSPS) is 9.71. The van der Waals surface area contributed by atoms with E-state index in [1.165, 1.54) is 6.20 Å². The molecule has 68 valence electrons. The number of hydrogen-bond donors (Lipinski definition) is 0. The van der Waals surface area contributed by atoms with E-state index >= 15 is 0 Å². The summed E-state index contributed by atoms with van der Waals surface area (Å²) < 4.78 is 1.59. The number of pyridine rings is 1. The third kappa shape index (κ3) is 1.48. The average Bonchev–Trinajstić information content (AvgIpc) is 2.66. The van der Waals surface area contributed by atoms with Crippen LogP contribution in [-0.4, -0.2) is 14.8 Å². The summed E-state index contributed by atoms with van der Waals surface area (Å²) in [6.07, 6.45) is 4.89. The Labute approximate surface area is 81.4 Å². The molecule has 4 heteroatoms. The topological polar surface area (TPSA) is 54.5 Å². The summed E-state index contributed by atoms with van der Waals surface area (Å²) in [5.74, 6) is 0.728. The molecule has 2 aromatic heterocycles. The predicted molar refractivity (Wildman–Crippen MR) is 50.8 cm³/mol. The van der Waals surface area contributed by atoms with Crippen molar-refractivity contribution in [3.8, 4) is 11.9 Å². The number of rotatable bonds is 1. The molecule has 0 radical (unpaired) electrons. The van der Waals surface area contributed by atoms with Crippen LogP contribution in [0.3, 0.4) is 0 Å². The first kappa shape index (κ1) is 8.45. The first-order valence-electron chi connectivity index (χ1n) is 4.17. The van der Waals surface area contributed by atoms with Crippen LogP contribution in [0, 0.1) is 18.3 Å². The quantitative estimate of drug-likeness (QED) is 0.674. The van der Waals surface area contributed by atoms with Gasteiger partial charge in [-0.15, -0.1) is 0 Å². The van der Waals surface area contributed by atoms with E-state index in [9.17, 15) is 0 Å². The summed E-state index contributed by atoms with van der Waals surface area (Å²) in [6, 6.07) is 5.85. The lowest BCUT2D eigenvalue weighted by Gasteiger charge is -1.99. The van der Waals surface area contributed by atoms with Crippen LogP contribution in [0.1, 0.15) is 11.1 Å². The number of aromatic nitrogens is 3. The highest BCUT2D eigenvalue weighted by Gasteiger charge is 2.00. The lowest BCUT2D eigenvalue weighted by molar-refractivity contribution is 0.845. The van der Waals surface area contributed by atoms with Gasteiger partial charge in [-0.2, -0.15) is 10.4 Å². The minimum absolute atomic E-state index is 0.535. The van der Waals surface area contributed by atoms with Crippen LogP contribution >= 0.6 is 0 Å². The van der Waals surface area contributed by atoms with Crippen LogP contribution < -0.4 is 0 Å². The zero-order chi connectivity index (χ0) is 9.97. The maximum absolute atomic E-state index is 8.63. The Morgan fingerprint density at radius 2 is 2.36 bits per heavy atom. The minimum Gasteiger partial charge on any atom is -0.237 e. The van der Waals surface area contributed by atoms with Gasteiger partial charge >= 0.3 is 0 Å². The van der Waals surface area contributed by atoms with E-state index < -0.39 is 0 Å². The van der Waals surface area contributed by atoms with Gasteiger partial charge < -0.3 is 0 Å². The smallest absolute Gasteiger partial charge is 0.153 e. The molecule has 2 rings (SSSR count). The Hall–Kier alpha value is -2.15. The highest BCUT2D eigenvalue weighted by Crippen LogP contribution is 2.06. The first-order chi connectivity index (χ1) is 6.79. The van der Waals surface area contributed by atoms with Crippen molar-refractivity contribution in [2.45, 2.75) is 6.92 Å². The van der Waals surface area contributed by atoms with Crippen molar-refractivity contribution >= 4 is 0 Å². The molecule has 0 fully saturated rings. The van der Waals surface area contributed by atoms with Crippen LogP contribution in [0.25, 0.3) is 5.82 Å². The molecule has 0 spiro atoms. The molecule has 2 aromatic rings. The summed E-state index contributed by atoms with van der Waals surface area (Å²) >= 11 is 0. The maximum atomic E-state index is 8.63. The molecule has 4 nitrogen and oxygen atoms in total. The standard InChI is InChI=1S/C10H8N4/c1-8-2-3-12-10(4-8)14-7-9(5-11)6-13-14/h2-4,6-7H,1H3. The third-order valence-electron chi connectivity index (χ3n) is 1.85. The van der Waals surface area contributed by atoms with Crippen molar-refractivity contribution in [1.29, 1.82) is 5.26 Å². The number of aryl methyl sites for hydroxylation is 1. The molecule has 0 atom stereocenters. The third-order valence-corrected chi connectivity index (χ3v) is 1.85. The number of hydrogen-bond acceptors (Lipinski definition) is 3. The molecule has 0 amide bonds. The van der Waals surface area contributed by atoms with Gasteiger partial charge in [0.1, 0.15) is 6.07 Å². The largest absolute Gasteiger partial charge is 0.237 e. The van der Waals surface area contributed by atoms with E-state index in [1.807, 2.05) is 25.1 Å². The van der Waals surface area contributed by atoms with Crippen molar-refractivity contribution in [2.75, 3.05) is 0 Å². The second-order valence-corrected chi connectivity index (χ2v) is 2.98. The van der Waals surface area contributed by atoms with Gasteiger partial charge in [-0.1, -0.05) is 0 Å². The zero-order valence-electron chi connectivity index (χ0n) is 7.68. The van der Waals surface area contributed by atoms with Crippen LogP contribution in [0.2, 0.25) is 0 Å². The molecule has 0 aliphatic carbocycles. The van der Waals surface area contributed by atoms with Gasteiger partial charge in [0.25, 0.3) is 0 Å². The van der Waals surface area contributed by atoms with Gasteiger partial charge in [-0.3, -0.25) is 0 Å². The number of nitriles is 1. The highest BCUT2D eigenvalue weighted by atomic mass is 15.3. The molecule has 0 unspecified atom stereocenters. The van der Waals surface area contributed by atoms with E-state index in [0.29, 0.717) is 5.56 Å². The summed E-state index contributed by atoms with van der Waals surface area (Å²) in [6.45, 7) is 1.99. The molecule has 14 heavy (non-hydrogen) atoms. The van der Waals surface area contributed by atoms with E-state index in [-0.39, 0.29) is 0 Å². The fourth-order valence-corrected chi connectivity index (χ4v) is 1.15. The van der Waals surface area contributed by atoms with Crippen LogP contribution in [-0.2, 0) is 0 Å². The summed E-state index contributed by atoms with van der Waals surface area (Å²) in [5, 5.41) is 12.7. The van der Waals surface area contributed by atoms with Crippen LogP contribution in [0.5, 0.6) is 0 Å². The van der Waals surface area contributed by atoms with E-state index in [1.54, 1.807) is 17.1 Å². The van der Waals surface area contributed by atoms with Crippen molar-refractivity contribution in [2.24, 2.45) is 0 Å². The Bertz CT molecular complexity index is 493. The molecular weight excluding hydrogens is 176 g/mol. The van der Waals surface area contributed by atoms with E-state index in [2.05, 4.69) is 10.1 Å². The van der Waals surface area contributed by atoms with Gasteiger partial charge in [0.2, 0.25) is 0 Å². The fourth-order valence-electron chi connectivity index (χ4n) is 1.15. The van der Waals surface area contributed by atoms with Crippen molar-refractivity contribution in [3.63, 3.8) is 0 Å². The lowest BCUT2D eigenvalue weighted by Crippen LogP contribution is -1.97. The molecule has 0 saturated carbocycles. The number of nitrogens with zero attached hydrogens (tertiary/aromatic N) is 4. The molecule has 0 bridgehead atoms. The van der Waals surface area contributed by atoms with E-state index in [0.717, 1.165) is 11.4 Å². The maximum Gasteiger partial charge on any atom is 0.153 e. The van der Waals surface area contributed by atoms with Crippen molar-refractivity contribution < 1.29 is 0 Å². The molecular formula is C10H8N4.